The first-order chi connectivity index (χ1) is 6.40. The SMILES string of the molecule is CCNC(=O)C(C)(C)CNCC(C)C. The van der Waals surface area contributed by atoms with Crippen molar-refractivity contribution in [3.05, 3.63) is 0 Å². The van der Waals surface area contributed by atoms with Crippen LogP contribution in [0, 0.1) is 11.3 Å². The molecule has 0 spiro atoms. The largest absolute Gasteiger partial charge is 0.356 e. The van der Waals surface area contributed by atoms with Crippen LogP contribution in [-0.2, 0) is 4.79 Å². The fourth-order valence-electron chi connectivity index (χ4n) is 1.15. The first kappa shape index (κ1) is 13.4. The van der Waals surface area contributed by atoms with Gasteiger partial charge in [-0.3, -0.25) is 4.79 Å². The van der Waals surface area contributed by atoms with E-state index in [-0.39, 0.29) is 11.3 Å². The van der Waals surface area contributed by atoms with Gasteiger partial charge in [0.15, 0.2) is 0 Å². The maximum Gasteiger partial charge on any atom is 0.226 e. The maximum absolute atomic E-state index is 11.6. The first-order valence-corrected chi connectivity index (χ1v) is 5.39. The zero-order valence-electron chi connectivity index (χ0n) is 10.1. The van der Waals surface area contributed by atoms with Gasteiger partial charge in [-0.15, -0.1) is 0 Å². The number of carbonyl (C=O) groups excluding carboxylic acids is 1. The average Bonchev–Trinajstić information content (AvgIpc) is 2.03. The molecular weight excluding hydrogens is 176 g/mol. The van der Waals surface area contributed by atoms with Gasteiger partial charge in [0, 0.05) is 13.1 Å². The molecule has 0 saturated carbocycles. The Morgan fingerprint density at radius 1 is 1.36 bits per heavy atom. The van der Waals surface area contributed by atoms with Crippen molar-refractivity contribution >= 4 is 5.91 Å². The second-order valence-electron chi connectivity index (χ2n) is 4.77. The van der Waals surface area contributed by atoms with Crippen molar-refractivity contribution in [2.24, 2.45) is 11.3 Å². The fourth-order valence-corrected chi connectivity index (χ4v) is 1.15. The Kier molecular flexibility index (Phi) is 5.77. The van der Waals surface area contributed by atoms with E-state index in [1.54, 1.807) is 0 Å². The van der Waals surface area contributed by atoms with Crippen molar-refractivity contribution in [3.8, 4) is 0 Å². The van der Waals surface area contributed by atoms with E-state index in [2.05, 4.69) is 24.5 Å². The number of amides is 1. The molecule has 0 unspecified atom stereocenters. The monoisotopic (exact) mass is 200 g/mol. The number of rotatable bonds is 6. The minimum Gasteiger partial charge on any atom is -0.356 e. The first-order valence-electron chi connectivity index (χ1n) is 5.39. The Morgan fingerprint density at radius 2 is 1.93 bits per heavy atom. The Hall–Kier alpha value is -0.570. The Labute approximate surface area is 87.6 Å². The lowest BCUT2D eigenvalue weighted by Gasteiger charge is -2.24. The summed E-state index contributed by atoms with van der Waals surface area (Å²) >= 11 is 0. The van der Waals surface area contributed by atoms with Crippen LogP contribution in [0.15, 0.2) is 0 Å². The molecule has 0 radical (unpaired) electrons. The van der Waals surface area contributed by atoms with Gasteiger partial charge < -0.3 is 10.6 Å². The van der Waals surface area contributed by atoms with Crippen LogP contribution in [0.4, 0.5) is 0 Å². The van der Waals surface area contributed by atoms with Crippen LogP contribution in [0.5, 0.6) is 0 Å². The highest BCUT2D eigenvalue weighted by Crippen LogP contribution is 2.13. The number of carbonyl (C=O) groups is 1. The summed E-state index contributed by atoms with van der Waals surface area (Å²) in [5, 5.41) is 6.15. The van der Waals surface area contributed by atoms with Crippen LogP contribution in [0.3, 0.4) is 0 Å². The standard InChI is InChI=1S/C11H24N2O/c1-6-13-10(14)11(4,5)8-12-7-9(2)3/h9,12H,6-8H2,1-5H3,(H,13,14). The number of nitrogens with one attached hydrogen (secondary N) is 2. The van der Waals surface area contributed by atoms with Crippen molar-refractivity contribution in [1.29, 1.82) is 0 Å². The van der Waals surface area contributed by atoms with E-state index in [1.165, 1.54) is 0 Å². The Bertz CT molecular complexity index is 176. The van der Waals surface area contributed by atoms with Gasteiger partial charge >= 0.3 is 0 Å². The molecule has 0 saturated heterocycles. The molecule has 0 bridgehead atoms. The van der Waals surface area contributed by atoms with Gasteiger partial charge in [-0.1, -0.05) is 13.8 Å². The molecule has 0 atom stereocenters. The highest BCUT2D eigenvalue weighted by atomic mass is 16.2. The summed E-state index contributed by atoms with van der Waals surface area (Å²) in [5.41, 5.74) is -0.315. The molecule has 14 heavy (non-hydrogen) atoms. The number of hydrogen-bond donors (Lipinski definition) is 2. The van der Waals surface area contributed by atoms with Crippen LogP contribution >= 0.6 is 0 Å². The van der Waals surface area contributed by atoms with Gasteiger partial charge in [-0.2, -0.15) is 0 Å². The minimum atomic E-state index is -0.315. The Balaban J connectivity index is 3.87. The van der Waals surface area contributed by atoms with Crippen LogP contribution in [0.1, 0.15) is 34.6 Å². The third-order valence-corrected chi connectivity index (χ3v) is 2.07. The highest BCUT2D eigenvalue weighted by molar-refractivity contribution is 5.81. The van der Waals surface area contributed by atoms with Crippen LogP contribution in [0.2, 0.25) is 0 Å². The van der Waals surface area contributed by atoms with Gasteiger partial charge in [0.1, 0.15) is 0 Å². The zero-order chi connectivity index (χ0) is 11.2. The molecule has 0 aliphatic carbocycles. The van der Waals surface area contributed by atoms with Crippen molar-refractivity contribution in [2.45, 2.75) is 34.6 Å². The van der Waals surface area contributed by atoms with Crippen molar-refractivity contribution in [2.75, 3.05) is 19.6 Å². The predicted octanol–water partition coefficient (Wildman–Crippen LogP) is 1.39. The summed E-state index contributed by atoms with van der Waals surface area (Å²) in [6, 6.07) is 0. The fraction of sp³-hybridized carbons (Fsp3) is 0.909. The second-order valence-corrected chi connectivity index (χ2v) is 4.77. The molecule has 3 nitrogen and oxygen atoms in total. The summed E-state index contributed by atoms with van der Waals surface area (Å²) in [4.78, 5) is 11.6. The summed E-state index contributed by atoms with van der Waals surface area (Å²) in [5.74, 6) is 0.747. The van der Waals surface area contributed by atoms with Crippen LogP contribution in [-0.4, -0.2) is 25.5 Å². The van der Waals surface area contributed by atoms with Gasteiger partial charge in [-0.25, -0.2) is 0 Å². The van der Waals surface area contributed by atoms with Crippen molar-refractivity contribution in [1.82, 2.24) is 10.6 Å². The van der Waals surface area contributed by atoms with E-state index in [0.717, 1.165) is 13.1 Å². The molecule has 0 aromatic heterocycles. The molecule has 2 N–H and O–H groups in total. The molecule has 0 fully saturated rings. The minimum absolute atomic E-state index is 0.122. The molecule has 0 heterocycles. The summed E-state index contributed by atoms with van der Waals surface area (Å²) in [6.45, 7) is 12.6. The molecule has 0 aromatic rings. The number of hydrogen-bond acceptors (Lipinski definition) is 2. The van der Waals surface area contributed by atoms with E-state index in [4.69, 9.17) is 0 Å². The van der Waals surface area contributed by atoms with E-state index >= 15 is 0 Å². The molecular formula is C11H24N2O. The van der Waals surface area contributed by atoms with Crippen LogP contribution < -0.4 is 10.6 Å². The van der Waals surface area contributed by atoms with Gasteiger partial charge in [0.2, 0.25) is 5.91 Å². The maximum atomic E-state index is 11.6. The van der Waals surface area contributed by atoms with Gasteiger partial charge in [-0.05, 0) is 33.2 Å². The lowest BCUT2D eigenvalue weighted by molar-refractivity contribution is -0.129. The molecule has 0 aliphatic rings. The molecule has 0 aromatic carbocycles. The van der Waals surface area contributed by atoms with E-state index in [9.17, 15) is 4.79 Å². The molecule has 0 aliphatic heterocycles. The highest BCUT2D eigenvalue weighted by Gasteiger charge is 2.26. The molecule has 84 valence electrons. The average molecular weight is 200 g/mol. The second kappa shape index (κ2) is 6.02. The van der Waals surface area contributed by atoms with Crippen molar-refractivity contribution in [3.63, 3.8) is 0 Å². The predicted molar refractivity (Wildman–Crippen MR) is 60.2 cm³/mol. The van der Waals surface area contributed by atoms with Gasteiger partial charge in [0.25, 0.3) is 0 Å². The van der Waals surface area contributed by atoms with E-state index < -0.39 is 0 Å². The lowest BCUT2D eigenvalue weighted by atomic mass is 9.92. The van der Waals surface area contributed by atoms with Crippen LogP contribution in [0.25, 0.3) is 0 Å². The third kappa shape index (κ3) is 5.22. The lowest BCUT2D eigenvalue weighted by Crippen LogP contribution is -2.44. The topological polar surface area (TPSA) is 41.1 Å². The zero-order valence-corrected chi connectivity index (χ0v) is 10.1. The molecule has 1 amide bonds. The third-order valence-electron chi connectivity index (χ3n) is 2.07. The van der Waals surface area contributed by atoms with E-state index in [0.29, 0.717) is 12.5 Å². The molecule has 3 heteroatoms. The molecule has 0 rings (SSSR count). The summed E-state index contributed by atoms with van der Waals surface area (Å²) in [6.07, 6.45) is 0. The van der Waals surface area contributed by atoms with E-state index in [1.807, 2.05) is 20.8 Å². The summed E-state index contributed by atoms with van der Waals surface area (Å²) in [7, 11) is 0. The quantitative estimate of drug-likeness (QED) is 0.680. The van der Waals surface area contributed by atoms with Gasteiger partial charge in [0.05, 0.1) is 5.41 Å². The smallest absolute Gasteiger partial charge is 0.226 e. The Morgan fingerprint density at radius 3 is 2.36 bits per heavy atom. The normalized spacial score (nSPS) is 11.9. The van der Waals surface area contributed by atoms with Crippen molar-refractivity contribution < 1.29 is 4.79 Å². The summed E-state index contributed by atoms with van der Waals surface area (Å²) < 4.78 is 0.